The summed E-state index contributed by atoms with van der Waals surface area (Å²) < 4.78 is 24.4. The molecule has 6 heteroatoms. The molecule has 0 fully saturated rings. The Hall–Kier alpha value is -3.15. The number of rotatable bonds is 5. The fourth-order valence-electron chi connectivity index (χ4n) is 3.39. The minimum atomic E-state index is -0.367. The first-order valence-corrected chi connectivity index (χ1v) is 8.83. The standard InChI is InChI=1S/C21H18FNO4/c22-18-7-2-1-4-13(18)11-23-20(24)12-26-14-8-9-16-15-5-3-6-17(15)21(25)27-19(16)10-14/h1-2,4,7-10H,3,5-6,11-12H2,(H,23,24). The Morgan fingerprint density at radius 3 is 2.81 bits per heavy atom. The van der Waals surface area contributed by atoms with E-state index in [9.17, 15) is 14.0 Å². The average molecular weight is 367 g/mol. The van der Waals surface area contributed by atoms with Gasteiger partial charge < -0.3 is 14.5 Å². The Labute approximate surface area is 154 Å². The Bertz CT molecular complexity index is 1070. The van der Waals surface area contributed by atoms with Crippen LogP contribution < -0.4 is 15.7 Å². The number of hydrogen-bond acceptors (Lipinski definition) is 4. The molecule has 1 aromatic heterocycles. The smallest absolute Gasteiger partial charge is 0.339 e. The van der Waals surface area contributed by atoms with Crippen molar-refractivity contribution in [3.8, 4) is 5.75 Å². The van der Waals surface area contributed by atoms with Crippen LogP contribution in [0, 0.1) is 5.82 Å². The molecule has 0 unspecified atom stereocenters. The summed E-state index contributed by atoms with van der Waals surface area (Å²) in [5.41, 5.74) is 2.39. The molecule has 0 spiro atoms. The fraction of sp³-hybridized carbons (Fsp3) is 0.238. The van der Waals surface area contributed by atoms with E-state index in [4.69, 9.17) is 9.15 Å². The Morgan fingerprint density at radius 1 is 1.15 bits per heavy atom. The second kappa shape index (κ2) is 7.23. The van der Waals surface area contributed by atoms with Crippen molar-refractivity contribution in [2.24, 2.45) is 0 Å². The fourth-order valence-corrected chi connectivity index (χ4v) is 3.39. The summed E-state index contributed by atoms with van der Waals surface area (Å²) in [5.74, 6) is -0.297. The molecule has 0 bridgehead atoms. The van der Waals surface area contributed by atoms with Gasteiger partial charge >= 0.3 is 5.63 Å². The molecule has 5 nitrogen and oxygen atoms in total. The highest BCUT2D eigenvalue weighted by Crippen LogP contribution is 2.29. The molecular formula is C21H18FNO4. The average Bonchev–Trinajstić information content (AvgIpc) is 3.16. The number of aryl methyl sites for hydroxylation is 1. The van der Waals surface area contributed by atoms with Crippen molar-refractivity contribution in [2.75, 3.05) is 6.61 Å². The number of benzene rings is 2. The molecule has 3 aromatic rings. The van der Waals surface area contributed by atoms with Gasteiger partial charge in [-0.3, -0.25) is 4.79 Å². The molecule has 1 amide bonds. The Kier molecular flexibility index (Phi) is 4.62. The molecular weight excluding hydrogens is 349 g/mol. The van der Waals surface area contributed by atoms with Crippen LogP contribution in [0.15, 0.2) is 51.7 Å². The number of carbonyl (C=O) groups is 1. The molecule has 0 saturated heterocycles. The second-order valence-corrected chi connectivity index (χ2v) is 6.51. The van der Waals surface area contributed by atoms with Crippen molar-refractivity contribution in [2.45, 2.75) is 25.8 Å². The molecule has 1 aliphatic carbocycles. The number of fused-ring (bicyclic) bond motifs is 3. The largest absolute Gasteiger partial charge is 0.484 e. The first kappa shape index (κ1) is 17.3. The van der Waals surface area contributed by atoms with Crippen LogP contribution >= 0.6 is 0 Å². The zero-order chi connectivity index (χ0) is 18.8. The third-order valence-corrected chi connectivity index (χ3v) is 4.75. The second-order valence-electron chi connectivity index (χ2n) is 6.51. The lowest BCUT2D eigenvalue weighted by Crippen LogP contribution is -2.28. The molecule has 4 rings (SSSR count). The summed E-state index contributed by atoms with van der Waals surface area (Å²) in [5, 5.41) is 3.53. The highest BCUT2D eigenvalue weighted by Gasteiger charge is 2.19. The molecule has 0 radical (unpaired) electrons. The monoisotopic (exact) mass is 367 g/mol. The normalized spacial score (nSPS) is 12.8. The highest BCUT2D eigenvalue weighted by atomic mass is 19.1. The van der Waals surface area contributed by atoms with Crippen LogP contribution in [0.5, 0.6) is 5.75 Å². The van der Waals surface area contributed by atoms with Gasteiger partial charge in [-0.1, -0.05) is 18.2 Å². The topological polar surface area (TPSA) is 68.5 Å². The number of ether oxygens (including phenoxy) is 1. The highest BCUT2D eigenvalue weighted by molar-refractivity contribution is 5.83. The lowest BCUT2D eigenvalue weighted by Gasteiger charge is -2.09. The van der Waals surface area contributed by atoms with Gasteiger partial charge in [-0.15, -0.1) is 0 Å². The van der Waals surface area contributed by atoms with Crippen LogP contribution in [0.2, 0.25) is 0 Å². The molecule has 1 heterocycles. The summed E-state index contributed by atoms with van der Waals surface area (Å²) in [4.78, 5) is 24.0. The number of nitrogens with one attached hydrogen (secondary N) is 1. The maximum Gasteiger partial charge on any atom is 0.339 e. The molecule has 1 aliphatic rings. The van der Waals surface area contributed by atoms with E-state index in [0.717, 1.165) is 35.8 Å². The van der Waals surface area contributed by atoms with Crippen molar-refractivity contribution in [1.82, 2.24) is 5.32 Å². The summed E-state index contributed by atoms with van der Waals surface area (Å²) in [7, 11) is 0. The zero-order valence-electron chi connectivity index (χ0n) is 14.6. The number of amides is 1. The molecule has 2 aromatic carbocycles. The quantitative estimate of drug-likeness (QED) is 0.704. The van der Waals surface area contributed by atoms with E-state index < -0.39 is 0 Å². The van der Waals surface area contributed by atoms with E-state index in [0.29, 0.717) is 16.9 Å². The number of hydrogen-bond donors (Lipinski definition) is 1. The van der Waals surface area contributed by atoms with Gasteiger partial charge in [-0.2, -0.15) is 0 Å². The lowest BCUT2D eigenvalue weighted by molar-refractivity contribution is -0.123. The zero-order valence-corrected chi connectivity index (χ0v) is 14.6. The summed E-state index contributed by atoms with van der Waals surface area (Å²) >= 11 is 0. The minimum Gasteiger partial charge on any atom is -0.484 e. The maximum atomic E-state index is 13.5. The van der Waals surface area contributed by atoms with Crippen molar-refractivity contribution < 1.29 is 18.3 Å². The van der Waals surface area contributed by atoms with Crippen molar-refractivity contribution in [1.29, 1.82) is 0 Å². The number of carbonyl (C=O) groups excluding carboxylic acids is 1. The number of halogens is 1. The van der Waals surface area contributed by atoms with Gasteiger partial charge in [0.15, 0.2) is 6.61 Å². The molecule has 0 atom stereocenters. The van der Waals surface area contributed by atoms with Gasteiger partial charge in [0, 0.05) is 29.1 Å². The van der Waals surface area contributed by atoms with E-state index in [2.05, 4.69) is 5.32 Å². The molecule has 0 aliphatic heterocycles. The van der Waals surface area contributed by atoms with E-state index in [1.54, 1.807) is 30.3 Å². The summed E-state index contributed by atoms with van der Waals surface area (Å²) in [6.45, 7) is -0.122. The van der Waals surface area contributed by atoms with Crippen molar-refractivity contribution >= 4 is 16.9 Å². The lowest BCUT2D eigenvalue weighted by atomic mass is 10.1. The first-order valence-electron chi connectivity index (χ1n) is 8.83. The van der Waals surface area contributed by atoms with Gasteiger partial charge in [0.2, 0.25) is 0 Å². The van der Waals surface area contributed by atoms with Crippen LogP contribution in [-0.4, -0.2) is 12.5 Å². The SMILES string of the molecule is O=C(COc1ccc2c3c(c(=O)oc2c1)CCC3)NCc1ccccc1F. The third-order valence-electron chi connectivity index (χ3n) is 4.75. The van der Waals surface area contributed by atoms with Gasteiger partial charge in [-0.25, -0.2) is 9.18 Å². The Balaban J connectivity index is 1.42. The minimum absolute atomic E-state index is 0.0909. The molecule has 1 N–H and O–H groups in total. The van der Waals surface area contributed by atoms with E-state index in [1.807, 2.05) is 6.07 Å². The summed E-state index contributed by atoms with van der Waals surface area (Å²) in [6, 6.07) is 11.5. The van der Waals surface area contributed by atoms with E-state index >= 15 is 0 Å². The predicted octanol–water partition coefficient (Wildman–Crippen LogP) is 3.12. The first-order chi connectivity index (χ1) is 13.1. The van der Waals surface area contributed by atoms with Crippen LogP contribution in [-0.2, 0) is 24.2 Å². The van der Waals surface area contributed by atoms with Crippen molar-refractivity contribution in [3.63, 3.8) is 0 Å². The van der Waals surface area contributed by atoms with Crippen LogP contribution in [0.25, 0.3) is 11.0 Å². The van der Waals surface area contributed by atoms with E-state index in [1.165, 1.54) is 6.07 Å². The van der Waals surface area contributed by atoms with Crippen LogP contribution in [0.1, 0.15) is 23.1 Å². The van der Waals surface area contributed by atoms with Gasteiger partial charge in [0.05, 0.1) is 0 Å². The summed E-state index contributed by atoms with van der Waals surface area (Å²) in [6.07, 6.45) is 2.59. The van der Waals surface area contributed by atoms with Crippen LogP contribution in [0.3, 0.4) is 0 Å². The molecule has 27 heavy (non-hydrogen) atoms. The van der Waals surface area contributed by atoms with Gasteiger partial charge in [0.25, 0.3) is 5.91 Å². The molecule has 138 valence electrons. The Morgan fingerprint density at radius 2 is 1.96 bits per heavy atom. The van der Waals surface area contributed by atoms with E-state index in [-0.39, 0.29) is 30.5 Å². The maximum absolute atomic E-state index is 13.5. The van der Waals surface area contributed by atoms with Crippen LogP contribution in [0.4, 0.5) is 4.39 Å². The van der Waals surface area contributed by atoms with Crippen molar-refractivity contribution in [3.05, 3.63) is 75.4 Å². The third kappa shape index (κ3) is 3.56. The molecule has 0 saturated carbocycles. The van der Waals surface area contributed by atoms with Gasteiger partial charge in [-0.05, 0) is 43.0 Å². The van der Waals surface area contributed by atoms with Gasteiger partial charge in [0.1, 0.15) is 17.1 Å². The predicted molar refractivity (Wildman–Crippen MR) is 98.3 cm³/mol.